The Bertz CT molecular complexity index is 244. The minimum Gasteiger partial charge on any atom is -0.355 e. The molecule has 92 valence electrons. The number of likely N-dealkylation sites (N-methyl/N-ethyl adjacent to an activating group) is 1. The molecular weight excluding hydrogens is 202 g/mol. The second-order valence-corrected chi connectivity index (χ2v) is 5.02. The van der Waals surface area contributed by atoms with Crippen molar-refractivity contribution in [3.05, 3.63) is 0 Å². The summed E-state index contributed by atoms with van der Waals surface area (Å²) < 4.78 is 0. The molecule has 0 radical (unpaired) electrons. The number of hydrogen-bond acceptors (Lipinski definition) is 3. The lowest BCUT2D eigenvalue weighted by Crippen LogP contribution is -2.47. The monoisotopic (exact) mass is 225 g/mol. The molecule has 2 rings (SSSR count). The van der Waals surface area contributed by atoms with Crippen LogP contribution in [0, 0.1) is 0 Å². The molecule has 2 heterocycles. The second-order valence-electron chi connectivity index (χ2n) is 5.02. The van der Waals surface area contributed by atoms with Crippen LogP contribution in [-0.4, -0.2) is 49.6 Å². The Morgan fingerprint density at radius 1 is 1.38 bits per heavy atom. The molecule has 2 saturated heterocycles. The molecule has 2 aliphatic rings. The van der Waals surface area contributed by atoms with E-state index in [9.17, 15) is 4.79 Å². The summed E-state index contributed by atoms with van der Waals surface area (Å²) in [6.07, 6.45) is 5.81. The van der Waals surface area contributed by atoms with Crippen molar-refractivity contribution in [2.75, 3.05) is 26.7 Å². The average Bonchev–Trinajstić information content (AvgIpc) is 2.56. The fourth-order valence-electron chi connectivity index (χ4n) is 2.65. The zero-order chi connectivity index (χ0) is 11.4. The molecule has 0 aromatic rings. The smallest absolute Gasteiger partial charge is 0.237 e. The summed E-state index contributed by atoms with van der Waals surface area (Å²) in [4.78, 5) is 14.1. The van der Waals surface area contributed by atoms with E-state index in [4.69, 9.17) is 0 Å². The van der Waals surface area contributed by atoms with Crippen molar-refractivity contribution >= 4 is 5.91 Å². The van der Waals surface area contributed by atoms with Crippen LogP contribution in [0.25, 0.3) is 0 Å². The van der Waals surface area contributed by atoms with Gasteiger partial charge in [-0.05, 0) is 45.7 Å². The Labute approximate surface area is 97.8 Å². The number of carbonyl (C=O) groups is 1. The summed E-state index contributed by atoms with van der Waals surface area (Å²) in [5.41, 5.74) is 0. The molecule has 1 amide bonds. The summed E-state index contributed by atoms with van der Waals surface area (Å²) in [5, 5.41) is 6.40. The van der Waals surface area contributed by atoms with E-state index in [2.05, 4.69) is 22.6 Å². The fraction of sp³-hybridized carbons (Fsp3) is 0.917. The number of nitrogens with zero attached hydrogens (tertiary/aromatic N) is 1. The highest BCUT2D eigenvalue weighted by Gasteiger charge is 2.24. The van der Waals surface area contributed by atoms with Gasteiger partial charge in [-0.2, -0.15) is 0 Å². The van der Waals surface area contributed by atoms with E-state index in [-0.39, 0.29) is 11.9 Å². The van der Waals surface area contributed by atoms with E-state index in [0.717, 1.165) is 32.4 Å². The topological polar surface area (TPSA) is 44.4 Å². The predicted octanol–water partition coefficient (Wildman–Crippen LogP) is 0.339. The van der Waals surface area contributed by atoms with Gasteiger partial charge < -0.3 is 15.5 Å². The van der Waals surface area contributed by atoms with Gasteiger partial charge in [-0.1, -0.05) is 0 Å². The van der Waals surface area contributed by atoms with Crippen molar-refractivity contribution in [1.82, 2.24) is 15.5 Å². The van der Waals surface area contributed by atoms with Crippen LogP contribution in [-0.2, 0) is 4.79 Å². The van der Waals surface area contributed by atoms with Crippen molar-refractivity contribution in [2.24, 2.45) is 0 Å². The zero-order valence-corrected chi connectivity index (χ0v) is 10.2. The molecule has 2 fully saturated rings. The van der Waals surface area contributed by atoms with Crippen molar-refractivity contribution in [3.8, 4) is 0 Å². The molecule has 0 aromatic heterocycles. The fourth-order valence-corrected chi connectivity index (χ4v) is 2.65. The van der Waals surface area contributed by atoms with E-state index >= 15 is 0 Å². The number of hydrogen-bond donors (Lipinski definition) is 2. The molecule has 2 unspecified atom stereocenters. The van der Waals surface area contributed by atoms with Crippen LogP contribution in [0.5, 0.6) is 0 Å². The number of rotatable bonds is 3. The SMILES string of the molecule is CN1CCCC1CNC1CCCCNC1=O. The van der Waals surface area contributed by atoms with Gasteiger partial charge in [0.25, 0.3) is 0 Å². The maximum Gasteiger partial charge on any atom is 0.237 e. The van der Waals surface area contributed by atoms with Crippen molar-refractivity contribution in [3.63, 3.8) is 0 Å². The van der Waals surface area contributed by atoms with Crippen LogP contribution in [0.2, 0.25) is 0 Å². The van der Waals surface area contributed by atoms with Crippen molar-refractivity contribution in [1.29, 1.82) is 0 Å². The van der Waals surface area contributed by atoms with Crippen LogP contribution in [0.15, 0.2) is 0 Å². The molecule has 0 saturated carbocycles. The van der Waals surface area contributed by atoms with E-state index in [1.807, 2.05) is 0 Å². The van der Waals surface area contributed by atoms with Crippen LogP contribution >= 0.6 is 0 Å². The second kappa shape index (κ2) is 5.64. The van der Waals surface area contributed by atoms with Gasteiger partial charge in [0.05, 0.1) is 6.04 Å². The molecular formula is C12H23N3O. The molecule has 2 aliphatic heterocycles. The van der Waals surface area contributed by atoms with E-state index in [0.29, 0.717) is 6.04 Å². The van der Waals surface area contributed by atoms with Gasteiger partial charge in [0.15, 0.2) is 0 Å². The number of carbonyl (C=O) groups excluding carboxylic acids is 1. The molecule has 16 heavy (non-hydrogen) atoms. The lowest BCUT2D eigenvalue weighted by atomic mass is 10.1. The Morgan fingerprint density at radius 2 is 2.25 bits per heavy atom. The Hall–Kier alpha value is -0.610. The summed E-state index contributed by atoms with van der Waals surface area (Å²) >= 11 is 0. The van der Waals surface area contributed by atoms with Crippen molar-refractivity contribution < 1.29 is 4.79 Å². The highest BCUT2D eigenvalue weighted by molar-refractivity contribution is 5.81. The van der Waals surface area contributed by atoms with Gasteiger partial charge in [-0.15, -0.1) is 0 Å². The number of amides is 1. The Morgan fingerprint density at radius 3 is 3.00 bits per heavy atom. The third kappa shape index (κ3) is 2.95. The van der Waals surface area contributed by atoms with Crippen LogP contribution in [0.1, 0.15) is 32.1 Å². The molecule has 0 aliphatic carbocycles. The number of nitrogens with one attached hydrogen (secondary N) is 2. The Kier molecular flexibility index (Phi) is 4.18. The first-order valence-corrected chi connectivity index (χ1v) is 6.48. The first-order chi connectivity index (χ1) is 7.77. The first-order valence-electron chi connectivity index (χ1n) is 6.48. The maximum atomic E-state index is 11.7. The molecule has 4 heteroatoms. The van der Waals surface area contributed by atoms with Crippen LogP contribution in [0.4, 0.5) is 0 Å². The molecule has 4 nitrogen and oxygen atoms in total. The maximum absolute atomic E-state index is 11.7. The molecule has 2 N–H and O–H groups in total. The summed E-state index contributed by atoms with van der Waals surface area (Å²) in [7, 11) is 2.17. The summed E-state index contributed by atoms with van der Waals surface area (Å²) in [6.45, 7) is 3.00. The highest BCUT2D eigenvalue weighted by Crippen LogP contribution is 2.14. The van der Waals surface area contributed by atoms with Crippen LogP contribution < -0.4 is 10.6 Å². The third-order valence-corrected chi connectivity index (χ3v) is 3.81. The van der Waals surface area contributed by atoms with E-state index in [1.165, 1.54) is 19.4 Å². The quantitative estimate of drug-likeness (QED) is 0.728. The highest BCUT2D eigenvalue weighted by atomic mass is 16.2. The van der Waals surface area contributed by atoms with Crippen LogP contribution in [0.3, 0.4) is 0 Å². The largest absolute Gasteiger partial charge is 0.355 e. The van der Waals surface area contributed by atoms with Crippen molar-refractivity contribution in [2.45, 2.75) is 44.2 Å². The molecule has 0 spiro atoms. The summed E-state index contributed by atoms with van der Waals surface area (Å²) in [6, 6.07) is 0.660. The van der Waals surface area contributed by atoms with Gasteiger partial charge in [-0.25, -0.2) is 0 Å². The lowest BCUT2D eigenvalue weighted by molar-refractivity contribution is -0.122. The minimum absolute atomic E-state index is 0.0384. The van der Waals surface area contributed by atoms with E-state index < -0.39 is 0 Å². The van der Waals surface area contributed by atoms with Gasteiger partial charge in [0.1, 0.15) is 0 Å². The van der Waals surface area contributed by atoms with Gasteiger partial charge in [0.2, 0.25) is 5.91 Å². The standard InChI is InChI=1S/C12H23N3O/c1-15-8-4-5-10(15)9-14-11-6-2-3-7-13-12(11)16/h10-11,14H,2-9H2,1H3,(H,13,16). The molecule has 0 aromatic carbocycles. The Balaban J connectivity index is 1.77. The zero-order valence-electron chi connectivity index (χ0n) is 10.2. The minimum atomic E-state index is 0.0384. The van der Waals surface area contributed by atoms with Gasteiger partial charge >= 0.3 is 0 Å². The molecule has 2 atom stereocenters. The van der Waals surface area contributed by atoms with Gasteiger partial charge in [0, 0.05) is 19.1 Å². The normalized spacial score (nSPS) is 32.4. The summed E-state index contributed by atoms with van der Waals surface area (Å²) in [5.74, 6) is 0.193. The number of likely N-dealkylation sites (tertiary alicyclic amines) is 1. The molecule has 0 bridgehead atoms. The van der Waals surface area contributed by atoms with E-state index in [1.54, 1.807) is 0 Å². The predicted molar refractivity (Wildman–Crippen MR) is 64.3 cm³/mol. The first kappa shape index (κ1) is 11.9. The average molecular weight is 225 g/mol. The lowest BCUT2D eigenvalue weighted by Gasteiger charge is -2.23. The third-order valence-electron chi connectivity index (χ3n) is 3.81. The van der Waals surface area contributed by atoms with Gasteiger partial charge in [-0.3, -0.25) is 4.79 Å².